The molecule has 130 valence electrons. The van der Waals surface area contributed by atoms with Crippen molar-refractivity contribution in [3.8, 4) is 0 Å². The number of aliphatic imine (C=N–C) groups is 1. The lowest BCUT2D eigenvalue weighted by molar-refractivity contribution is 1.21. The second-order valence-electron chi connectivity index (χ2n) is 7.00. The highest BCUT2D eigenvalue weighted by atomic mass is 15.1. The standard InChI is InChI=1S/C25H20N2/c1-27(23-15-10-18-6-2-3-7-20(18)16-23)22-13-11-19(12-14-22)25-17-21-8-4-5-9-24(21)26-25/h2-16H,17H2,1H3. The highest BCUT2D eigenvalue weighted by Gasteiger charge is 2.15. The van der Waals surface area contributed by atoms with Gasteiger partial charge in [0.25, 0.3) is 0 Å². The molecule has 4 aromatic carbocycles. The predicted octanol–water partition coefficient (Wildman–Crippen LogP) is 6.28. The molecule has 1 aliphatic heterocycles. The smallest absolute Gasteiger partial charge is 0.0669 e. The van der Waals surface area contributed by atoms with Crippen LogP contribution in [0.1, 0.15) is 11.1 Å². The molecule has 27 heavy (non-hydrogen) atoms. The molecule has 0 atom stereocenters. The normalized spacial score (nSPS) is 12.7. The van der Waals surface area contributed by atoms with Crippen LogP contribution in [0.2, 0.25) is 0 Å². The summed E-state index contributed by atoms with van der Waals surface area (Å²) in [7, 11) is 2.11. The minimum atomic E-state index is 0.913. The first-order chi connectivity index (χ1) is 13.3. The Hall–Kier alpha value is -3.39. The summed E-state index contributed by atoms with van der Waals surface area (Å²) in [6, 6.07) is 32.1. The van der Waals surface area contributed by atoms with Gasteiger partial charge in [-0.1, -0.05) is 60.7 Å². The summed E-state index contributed by atoms with van der Waals surface area (Å²) >= 11 is 0. The first kappa shape index (κ1) is 15.8. The first-order valence-corrected chi connectivity index (χ1v) is 9.26. The maximum atomic E-state index is 4.79. The Morgan fingerprint density at radius 3 is 2.22 bits per heavy atom. The van der Waals surface area contributed by atoms with E-state index in [2.05, 4.69) is 96.9 Å². The number of nitrogens with zero attached hydrogens (tertiary/aromatic N) is 2. The fraction of sp³-hybridized carbons (Fsp3) is 0.0800. The highest BCUT2D eigenvalue weighted by Crippen LogP contribution is 2.30. The third-order valence-electron chi connectivity index (χ3n) is 5.31. The number of benzene rings is 4. The van der Waals surface area contributed by atoms with E-state index in [4.69, 9.17) is 4.99 Å². The van der Waals surface area contributed by atoms with Gasteiger partial charge in [-0.15, -0.1) is 0 Å². The van der Waals surface area contributed by atoms with Gasteiger partial charge >= 0.3 is 0 Å². The van der Waals surface area contributed by atoms with Crippen molar-refractivity contribution in [2.45, 2.75) is 6.42 Å². The van der Waals surface area contributed by atoms with E-state index in [0.717, 1.165) is 17.8 Å². The van der Waals surface area contributed by atoms with Crippen LogP contribution in [0.3, 0.4) is 0 Å². The van der Waals surface area contributed by atoms with Crippen LogP contribution in [0.25, 0.3) is 10.8 Å². The van der Waals surface area contributed by atoms with Gasteiger partial charge in [-0.2, -0.15) is 0 Å². The zero-order chi connectivity index (χ0) is 18.2. The average molecular weight is 348 g/mol. The lowest BCUT2D eigenvalue weighted by atomic mass is 10.0. The number of hydrogen-bond acceptors (Lipinski definition) is 2. The van der Waals surface area contributed by atoms with Crippen LogP contribution in [0, 0.1) is 0 Å². The minimum Gasteiger partial charge on any atom is -0.345 e. The molecule has 0 saturated heterocycles. The molecule has 0 aliphatic carbocycles. The Balaban J connectivity index is 1.41. The van der Waals surface area contributed by atoms with Gasteiger partial charge in [0, 0.05) is 24.8 Å². The number of rotatable bonds is 3. The Morgan fingerprint density at radius 1 is 0.704 bits per heavy atom. The summed E-state index contributed by atoms with van der Waals surface area (Å²) < 4.78 is 0. The second-order valence-corrected chi connectivity index (χ2v) is 7.00. The van der Waals surface area contributed by atoms with E-state index in [1.165, 1.54) is 33.3 Å². The zero-order valence-corrected chi connectivity index (χ0v) is 15.3. The largest absolute Gasteiger partial charge is 0.345 e. The van der Waals surface area contributed by atoms with Crippen LogP contribution >= 0.6 is 0 Å². The van der Waals surface area contributed by atoms with E-state index in [9.17, 15) is 0 Å². The molecule has 0 amide bonds. The SMILES string of the molecule is CN(c1ccc(C2=Nc3ccccc3C2)cc1)c1ccc2ccccc2c1. The molecule has 0 saturated carbocycles. The summed E-state index contributed by atoms with van der Waals surface area (Å²) in [6.45, 7) is 0. The predicted molar refractivity (Wildman–Crippen MR) is 115 cm³/mol. The van der Waals surface area contributed by atoms with Crippen LogP contribution < -0.4 is 4.90 Å². The van der Waals surface area contributed by atoms with Gasteiger partial charge in [-0.05, 0) is 52.2 Å². The fourth-order valence-electron chi connectivity index (χ4n) is 3.71. The second kappa shape index (κ2) is 6.40. The monoisotopic (exact) mass is 348 g/mol. The van der Waals surface area contributed by atoms with Gasteiger partial charge in [0.1, 0.15) is 0 Å². The fourth-order valence-corrected chi connectivity index (χ4v) is 3.71. The summed E-state index contributed by atoms with van der Waals surface area (Å²) in [5.41, 5.74) is 7.12. The summed E-state index contributed by atoms with van der Waals surface area (Å²) in [5.74, 6) is 0. The third-order valence-corrected chi connectivity index (χ3v) is 5.31. The minimum absolute atomic E-state index is 0.913. The van der Waals surface area contributed by atoms with Gasteiger partial charge < -0.3 is 4.90 Å². The lowest BCUT2D eigenvalue weighted by Crippen LogP contribution is -2.09. The first-order valence-electron chi connectivity index (χ1n) is 9.26. The van der Waals surface area contributed by atoms with Gasteiger partial charge in [0.05, 0.1) is 11.4 Å². The third kappa shape index (κ3) is 2.89. The summed E-state index contributed by atoms with van der Waals surface area (Å²) in [5, 5.41) is 2.53. The summed E-state index contributed by atoms with van der Waals surface area (Å²) in [4.78, 5) is 7.02. The van der Waals surface area contributed by atoms with Crippen LogP contribution in [-0.2, 0) is 6.42 Å². The van der Waals surface area contributed by atoms with Gasteiger partial charge in [0.2, 0.25) is 0 Å². The average Bonchev–Trinajstić information content (AvgIpc) is 3.17. The Morgan fingerprint density at radius 2 is 1.41 bits per heavy atom. The molecule has 1 aliphatic rings. The van der Waals surface area contributed by atoms with E-state index in [0.29, 0.717) is 0 Å². The molecule has 0 unspecified atom stereocenters. The molecule has 0 aromatic heterocycles. The molecule has 0 spiro atoms. The van der Waals surface area contributed by atoms with E-state index < -0.39 is 0 Å². The van der Waals surface area contributed by atoms with Crippen LogP contribution in [-0.4, -0.2) is 12.8 Å². The number of fused-ring (bicyclic) bond motifs is 2. The molecular weight excluding hydrogens is 328 g/mol. The maximum Gasteiger partial charge on any atom is 0.0669 e. The van der Waals surface area contributed by atoms with E-state index in [-0.39, 0.29) is 0 Å². The Bertz CT molecular complexity index is 1160. The zero-order valence-electron chi connectivity index (χ0n) is 15.3. The van der Waals surface area contributed by atoms with E-state index in [1.54, 1.807) is 0 Å². The van der Waals surface area contributed by atoms with Crippen LogP contribution in [0.5, 0.6) is 0 Å². The number of hydrogen-bond donors (Lipinski definition) is 0. The molecule has 0 fully saturated rings. The van der Waals surface area contributed by atoms with Crippen molar-refractivity contribution in [3.05, 3.63) is 102 Å². The molecule has 2 nitrogen and oxygen atoms in total. The van der Waals surface area contributed by atoms with Crippen molar-refractivity contribution in [2.24, 2.45) is 4.99 Å². The van der Waals surface area contributed by atoms with Gasteiger partial charge in [-0.25, -0.2) is 0 Å². The quantitative estimate of drug-likeness (QED) is 0.425. The molecule has 0 bridgehead atoms. The van der Waals surface area contributed by atoms with E-state index in [1.807, 2.05) is 6.07 Å². The molecule has 4 aromatic rings. The molecule has 0 radical (unpaired) electrons. The molecule has 2 heteroatoms. The number of para-hydroxylation sites is 1. The van der Waals surface area contributed by atoms with Crippen molar-refractivity contribution in [1.82, 2.24) is 0 Å². The van der Waals surface area contributed by atoms with Crippen LogP contribution in [0.15, 0.2) is 96.0 Å². The van der Waals surface area contributed by atoms with Crippen molar-refractivity contribution < 1.29 is 0 Å². The van der Waals surface area contributed by atoms with E-state index >= 15 is 0 Å². The molecular formula is C25H20N2. The van der Waals surface area contributed by atoms with Crippen molar-refractivity contribution >= 4 is 33.5 Å². The Kier molecular flexibility index (Phi) is 3.75. The van der Waals surface area contributed by atoms with Crippen molar-refractivity contribution in [1.29, 1.82) is 0 Å². The molecule has 0 N–H and O–H groups in total. The number of anilines is 2. The molecule has 1 heterocycles. The van der Waals surface area contributed by atoms with Crippen molar-refractivity contribution in [2.75, 3.05) is 11.9 Å². The Labute approximate surface area is 159 Å². The molecule has 5 rings (SSSR count). The van der Waals surface area contributed by atoms with Gasteiger partial charge in [-0.3, -0.25) is 4.99 Å². The summed E-state index contributed by atoms with van der Waals surface area (Å²) in [6.07, 6.45) is 0.913. The topological polar surface area (TPSA) is 15.6 Å². The maximum absolute atomic E-state index is 4.79. The van der Waals surface area contributed by atoms with Crippen molar-refractivity contribution in [3.63, 3.8) is 0 Å². The van der Waals surface area contributed by atoms with Gasteiger partial charge in [0.15, 0.2) is 0 Å². The van der Waals surface area contributed by atoms with Crippen LogP contribution in [0.4, 0.5) is 17.1 Å². The lowest BCUT2D eigenvalue weighted by Gasteiger charge is -2.20. The highest BCUT2D eigenvalue weighted by molar-refractivity contribution is 6.06.